The maximum atomic E-state index is 13.3. The zero-order valence-corrected chi connectivity index (χ0v) is 9.63. The molecule has 0 fully saturated rings. The Morgan fingerprint density at radius 2 is 2.13 bits per heavy atom. The van der Waals surface area contributed by atoms with Crippen LogP contribution >= 0.6 is 11.6 Å². The molecule has 2 nitrogen and oxygen atoms in total. The lowest BCUT2D eigenvalue weighted by Crippen LogP contribution is -2.27. The Morgan fingerprint density at radius 1 is 1.47 bits per heavy atom. The number of nitrogens with zero attached hydrogens (tertiary/aromatic N) is 1. The molecule has 0 aromatic heterocycles. The van der Waals surface area contributed by atoms with E-state index in [4.69, 9.17) is 11.6 Å². The Balaban J connectivity index is 2.71. The Bertz CT molecular complexity index is 310. The molecular weight excluding hydrogens is 217 g/mol. The predicted molar refractivity (Wildman–Crippen MR) is 59.7 cm³/mol. The van der Waals surface area contributed by atoms with Crippen LogP contribution in [0.4, 0.5) is 4.39 Å². The zero-order chi connectivity index (χ0) is 11.4. The van der Waals surface area contributed by atoms with Gasteiger partial charge in [-0.1, -0.05) is 17.7 Å². The first-order chi connectivity index (χ1) is 7.00. The average molecular weight is 232 g/mol. The van der Waals surface area contributed by atoms with E-state index in [1.54, 1.807) is 12.1 Å². The molecule has 0 aliphatic heterocycles. The number of likely N-dealkylation sites (N-methyl/N-ethyl adjacent to an activating group) is 1. The van der Waals surface area contributed by atoms with Gasteiger partial charge in [0.05, 0.1) is 6.10 Å². The number of aliphatic hydroxyl groups is 1. The lowest BCUT2D eigenvalue weighted by atomic mass is 10.1. The molecule has 0 aliphatic rings. The third kappa shape index (κ3) is 3.78. The second kappa shape index (κ2) is 5.45. The molecule has 1 aromatic rings. The highest BCUT2D eigenvalue weighted by Gasteiger charge is 2.13. The number of halogens is 2. The fraction of sp³-hybridized carbons (Fsp3) is 0.455. The van der Waals surface area contributed by atoms with Gasteiger partial charge < -0.3 is 10.0 Å². The summed E-state index contributed by atoms with van der Waals surface area (Å²) >= 11 is 5.85. The van der Waals surface area contributed by atoms with E-state index in [2.05, 4.69) is 0 Å². The molecular formula is C11H15ClFNO. The van der Waals surface area contributed by atoms with Gasteiger partial charge in [-0.25, -0.2) is 4.39 Å². The Kier molecular flexibility index (Phi) is 4.51. The van der Waals surface area contributed by atoms with Gasteiger partial charge in [0.2, 0.25) is 0 Å². The van der Waals surface area contributed by atoms with E-state index < -0.39 is 6.10 Å². The largest absolute Gasteiger partial charge is 0.391 e. The van der Waals surface area contributed by atoms with Crippen LogP contribution in [0.15, 0.2) is 18.2 Å². The lowest BCUT2D eigenvalue weighted by Gasteiger charge is -2.16. The SMILES string of the molecule is CN(C)CC(O)Cc1c(F)cccc1Cl. The third-order valence-electron chi connectivity index (χ3n) is 2.08. The quantitative estimate of drug-likeness (QED) is 0.856. The van der Waals surface area contributed by atoms with E-state index >= 15 is 0 Å². The number of aliphatic hydroxyl groups excluding tert-OH is 1. The van der Waals surface area contributed by atoms with Crippen molar-refractivity contribution in [3.8, 4) is 0 Å². The first kappa shape index (κ1) is 12.4. The fourth-order valence-electron chi connectivity index (χ4n) is 1.45. The maximum absolute atomic E-state index is 13.3. The number of rotatable bonds is 4. The van der Waals surface area contributed by atoms with Crippen LogP contribution in [0.2, 0.25) is 5.02 Å². The van der Waals surface area contributed by atoms with Crippen LogP contribution in [0, 0.1) is 5.82 Å². The number of benzene rings is 1. The summed E-state index contributed by atoms with van der Waals surface area (Å²) in [5.41, 5.74) is 0.383. The molecule has 4 heteroatoms. The molecule has 15 heavy (non-hydrogen) atoms. The van der Waals surface area contributed by atoms with Crippen molar-refractivity contribution in [3.05, 3.63) is 34.6 Å². The molecule has 84 valence electrons. The molecule has 0 aliphatic carbocycles. The van der Waals surface area contributed by atoms with Crippen molar-refractivity contribution in [3.63, 3.8) is 0 Å². The first-order valence-corrected chi connectivity index (χ1v) is 5.14. The molecule has 0 bridgehead atoms. The number of hydrogen-bond acceptors (Lipinski definition) is 2. The van der Waals surface area contributed by atoms with Crippen LogP contribution in [0.1, 0.15) is 5.56 Å². The van der Waals surface area contributed by atoms with Gasteiger partial charge in [-0.15, -0.1) is 0 Å². The summed E-state index contributed by atoms with van der Waals surface area (Å²) in [5.74, 6) is -0.361. The van der Waals surface area contributed by atoms with Gasteiger partial charge >= 0.3 is 0 Å². The second-order valence-electron chi connectivity index (χ2n) is 3.82. The van der Waals surface area contributed by atoms with Crippen molar-refractivity contribution >= 4 is 11.6 Å². The molecule has 1 aromatic carbocycles. The van der Waals surface area contributed by atoms with Gasteiger partial charge in [0.1, 0.15) is 5.82 Å². The van der Waals surface area contributed by atoms with E-state index in [0.29, 0.717) is 17.1 Å². The Hall–Kier alpha value is -0.640. The molecule has 1 atom stereocenters. The molecule has 0 amide bonds. The topological polar surface area (TPSA) is 23.5 Å². The molecule has 1 unspecified atom stereocenters. The highest BCUT2D eigenvalue weighted by Crippen LogP contribution is 2.20. The minimum Gasteiger partial charge on any atom is -0.391 e. The highest BCUT2D eigenvalue weighted by molar-refractivity contribution is 6.31. The fourth-order valence-corrected chi connectivity index (χ4v) is 1.69. The molecule has 0 spiro atoms. The van der Waals surface area contributed by atoms with Gasteiger partial charge in [-0.2, -0.15) is 0 Å². The summed E-state index contributed by atoms with van der Waals surface area (Å²) < 4.78 is 13.3. The van der Waals surface area contributed by atoms with Crippen LogP contribution in [0.3, 0.4) is 0 Å². The molecule has 0 heterocycles. The lowest BCUT2D eigenvalue weighted by molar-refractivity contribution is 0.136. The third-order valence-corrected chi connectivity index (χ3v) is 2.43. The van der Waals surface area contributed by atoms with Gasteiger partial charge in [0, 0.05) is 23.6 Å². The molecule has 0 radical (unpaired) electrons. The zero-order valence-electron chi connectivity index (χ0n) is 8.87. The normalized spacial score (nSPS) is 13.2. The molecule has 0 saturated heterocycles. The first-order valence-electron chi connectivity index (χ1n) is 4.76. The van der Waals surface area contributed by atoms with Gasteiger partial charge in [-0.05, 0) is 26.2 Å². The van der Waals surface area contributed by atoms with E-state index in [0.717, 1.165) is 0 Å². The van der Waals surface area contributed by atoms with Crippen LogP contribution in [-0.2, 0) is 6.42 Å². The smallest absolute Gasteiger partial charge is 0.127 e. The Labute approximate surface area is 94.3 Å². The number of hydrogen-bond donors (Lipinski definition) is 1. The predicted octanol–water partition coefficient (Wildman–Crippen LogP) is 1.94. The summed E-state index contributed by atoms with van der Waals surface area (Å²) in [4.78, 5) is 1.85. The minimum absolute atomic E-state index is 0.240. The summed E-state index contributed by atoms with van der Waals surface area (Å²) in [5, 5.41) is 10.0. The molecule has 1 N–H and O–H groups in total. The van der Waals surface area contributed by atoms with Gasteiger partial charge in [-0.3, -0.25) is 0 Å². The highest BCUT2D eigenvalue weighted by atomic mass is 35.5. The van der Waals surface area contributed by atoms with E-state index in [-0.39, 0.29) is 12.2 Å². The summed E-state index contributed by atoms with van der Waals surface area (Å²) in [6.07, 6.45) is -0.363. The molecule has 0 saturated carbocycles. The molecule has 1 rings (SSSR count). The van der Waals surface area contributed by atoms with Crippen molar-refractivity contribution in [1.82, 2.24) is 4.90 Å². The average Bonchev–Trinajstić information content (AvgIpc) is 2.10. The van der Waals surface area contributed by atoms with Gasteiger partial charge in [0.25, 0.3) is 0 Å². The van der Waals surface area contributed by atoms with Crippen LogP contribution < -0.4 is 0 Å². The van der Waals surface area contributed by atoms with Crippen LogP contribution in [0.25, 0.3) is 0 Å². The Morgan fingerprint density at radius 3 is 2.67 bits per heavy atom. The standard InChI is InChI=1S/C11H15ClFNO/c1-14(2)7-8(15)6-9-10(12)4-3-5-11(9)13/h3-5,8,15H,6-7H2,1-2H3. The summed E-state index contributed by atoms with van der Waals surface area (Å²) in [6.45, 7) is 0.491. The summed E-state index contributed by atoms with van der Waals surface area (Å²) in [7, 11) is 3.71. The van der Waals surface area contributed by atoms with Crippen LogP contribution in [0.5, 0.6) is 0 Å². The van der Waals surface area contributed by atoms with Crippen molar-refractivity contribution in [2.45, 2.75) is 12.5 Å². The summed E-state index contributed by atoms with van der Waals surface area (Å²) in [6, 6.07) is 4.53. The second-order valence-corrected chi connectivity index (χ2v) is 4.23. The maximum Gasteiger partial charge on any atom is 0.127 e. The van der Waals surface area contributed by atoms with Crippen molar-refractivity contribution in [2.75, 3.05) is 20.6 Å². The minimum atomic E-state index is -0.602. The van der Waals surface area contributed by atoms with Gasteiger partial charge in [0.15, 0.2) is 0 Å². The van der Waals surface area contributed by atoms with E-state index in [9.17, 15) is 9.50 Å². The van der Waals surface area contributed by atoms with Crippen LogP contribution in [-0.4, -0.2) is 36.8 Å². The monoisotopic (exact) mass is 231 g/mol. The van der Waals surface area contributed by atoms with Crippen molar-refractivity contribution in [2.24, 2.45) is 0 Å². The van der Waals surface area contributed by atoms with E-state index in [1.165, 1.54) is 6.07 Å². The van der Waals surface area contributed by atoms with Crippen molar-refractivity contribution < 1.29 is 9.50 Å². The van der Waals surface area contributed by atoms with E-state index in [1.807, 2.05) is 19.0 Å². The van der Waals surface area contributed by atoms with Crippen molar-refractivity contribution in [1.29, 1.82) is 0 Å².